The van der Waals surface area contributed by atoms with Crippen molar-refractivity contribution in [3.05, 3.63) is 29.2 Å². The molecule has 0 spiro atoms. The Labute approximate surface area is 109 Å². The smallest absolute Gasteiger partial charge is 0.0519 e. The molecule has 2 nitrogen and oxygen atoms in total. The van der Waals surface area contributed by atoms with E-state index in [1.807, 2.05) is 12.4 Å². The van der Waals surface area contributed by atoms with Crippen LogP contribution in [0.15, 0.2) is 12.4 Å². The molecule has 2 aromatic rings. The van der Waals surface area contributed by atoms with Crippen LogP contribution in [0.2, 0.25) is 0 Å². The van der Waals surface area contributed by atoms with Crippen molar-refractivity contribution >= 4 is 10.9 Å². The highest BCUT2D eigenvalue weighted by molar-refractivity contribution is 5.86. The first-order chi connectivity index (χ1) is 8.47. The van der Waals surface area contributed by atoms with E-state index >= 15 is 0 Å². The summed E-state index contributed by atoms with van der Waals surface area (Å²) in [5, 5.41) is 1.35. The van der Waals surface area contributed by atoms with Crippen molar-refractivity contribution in [2.45, 2.75) is 47.0 Å². The van der Waals surface area contributed by atoms with E-state index in [4.69, 9.17) is 0 Å². The minimum atomic E-state index is 0.401. The Hall–Kier alpha value is -1.31. The molecular weight excluding hydrogens is 220 g/mol. The highest BCUT2D eigenvalue weighted by Crippen LogP contribution is 2.39. The van der Waals surface area contributed by atoms with Crippen LogP contribution in [-0.2, 0) is 12.8 Å². The maximum atomic E-state index is 4.36. The Kier molecular flexibility index (Phi) is 2.51. The molecule has 3 rings (SSSR count). The van der Waals surface area contributed by atoms with Crippen LogP contribution in [0.25, 0.3) is 10.9 Å². The van der Waals surface area contributed by atoms with Crippen LogP contribution in [0.4, 0.5) is 0 Å². The van der Waals surface area contributed by atoms with Gasteiger partial charge >= 0.3 is 0 Å². The number of hydrogen-bond acceptors (Lipinski definition) is 1. The number of aromatic amines is 1. The number of hydrogen-bond donors (Lipinski definition) is 1. The van der Waals surface area contributed by atoms with Crippen LogP contribution in [0.3, 0.4) is 0 Å². The lowest BCUT2D eigenvalue weighted by atomic mass is 9.71. The van der Waals surface area contributed by atoms with E-state index in [-0.39, 0.29) is 0 Å². The molecule has 2 heteroatoms. The third-order valence-electron chi connectivity index (χ3n) is 4.52. The van der Waals surface area contributed by atoms with Gasteiger partial charge < -0.3 is 4.98 Å². The topological polar surface area (TPSA) is 28.7 Å². The number of H-pyrrole nitrogens is 1. The van der Waals surface area contributed by atoms with E-state index in [0.29, 0.717) is 5.41 Å². The third-order valence-corrected chi connectivity index (χ3v) is 4.52. The predicted octanol–water partition coefficient (Wildman–Crippen LogP) is 4.02. The van der Waals surface area contributed by atoms with Crippen LogP contribution in [-0.4, -0.2) is 9.97 Å². The summed E-state index contributed by atoms with van der Waals surface area (Å²) in [7, 11) is 0. The number of pyridine rings is 1. The lowest BCUT2D eigenvalue weighted by Gasteiger charge is -2.33. The van der Waals surface area contributed by atoms with Crippen molar-refractivity contribution in [3.8, 4) is 0 Å². The van der Waals surface area contributed by atoms with E-state index in [0.717, 1.165) is 5.92 Å². The van der Waals surface area contributed by atoms with Gasteiger partial charge in [0.1, 0.15) is 0 Å². The molecule has 1 N–H and O–H groups in total. The van der Waals surface area contributed by atoms with Crippen LogP contribution < -0.4 is 0 Å². The van der Waals surface area contributed by atoms with Crippen molar-refractivity contribution in [3.63, 3.8) is 0 Å². The Morgan fingerprint density at radius 3 is 2.78 bits per heavy atom. The molecule has 1 unspecified atom stereocenters. The van der Waals surface area contributed by atoms with E-state index in [2.05, 4.69) is 37.7 Å². The zero-order chi connectivity index (χ0) is 12.9. The van der Waals surface area contributed by atoms with Gasteiger partial charge in [0.15, 0.2) is 0 Å². The van der Waals surface area contributed by atoms with Gasteiger partial charge in [0.2, 0.25) is 0 Å². The summed E-state index contributed by atoms with van der Waals surface area (Å²) in [6.07, 6.45) is 7.67. The van der Waals surface area contributed by atoms with Crippen molar-refractivity contribution in [1.29, 1.82) is 0 Å². The fourth-order valence-electron chi connectivity index (χ4n) is 3.20. The molecule has 96 valence electrons. The van der Waals surface area contributed by atoms with Gasteiger partial charge in [-0.3, -0.25) is 4.98 Å². The summed E-state index contributed by atoms with van der Waals surface area (Å²) in [5.41, 5.74) is 5.92. The molecule has 0 saturated carbocycles. The number of aromatic nitrogens is 2. The number of rotatable bonds is 0. The maximum Gasteiger partial charge on any atom is 0.0519 e. The standard InChI is InChI=1S/C16H22N2/c1-10-8-17-9-13-12-7-11(16(2,3)4)5-6-14(12)18-15(10)13/h8-9,11,18H,5-7H2,1-4H3. The fraction of sp³-hybridized carbons (Fsp3) is 0.562. The summed E-state index contributed by atoms with van der Waals surface area (Å²) < 4.78 is 0. The molecule has 2 heterocycles. The first-order valence-electron chi connectivity index (χ1n) is 6.91. The molecule has 0 fully saturated rings. The van der Waals surface area contributed by atoms with Crippen molar-refractivity contribution in [2.75, 3.05) is 0 Å². The molecule has 0 aromatic carbocycles. The lowest BCUT2D eigenvalue weighted by Crippen LogP contribution is -2.26. The van der Waals surface area contributed by atoms with Gasteiger partial charge in [-0.2, -0.15) is 0 Å². The lowest BCUT2D eigenvalue weighted by molar-refractivity contribution is 0.216. The van der Waals surface area contributed by atoms with Crippen LogP contribution >= 0.6 is 0 Å². The van der Waals surface area contributed by atoms with E-state index in [1.54, 1.807) is 0 Å². The fourth-order valence-corrected chi connectivity index (χ4v) is 3.20. The summed E-state index contributed by atoms with van der Waals surface area (Å²) in [4.78, 5) is 7.98. The number of fused-ring (bicyclic) bond motifs is 3. The first-order valence-corrected chi connectivity index (χ1v) is 6.91. The number of nitrogens with zero attached hydrogens (tertiary/aromatic N) is 1. The van der Waals surface area contributed by atoms with Crippen LogP contribution in [0, 0.1) is 18.3 Å². The Morgan fingerprint density at radius 1 is 1.28 bits per heavy atom. The van der Waals surface area contributed by atoms with Gasteiger partial charge in [-0.05, 0) is 48.6 Å². The summed E-state index contributed by atoms with van der Waals surface area (Å²) in [6, 6.07) is 0. The van der Waals surface area contributed by atoms with Gasteiger partial charge in [-0.1, -0.05) is 20.8 Å². The van der Waals surface area contributed by atoms with E-state index < -0.39 is 0 Å². The Bertz CT molecular complexity index is 587. The highest BCUT2D eigenvalue weighted by atomic mass is 14.8. The van der Waals surface area contributed by atoms with Gasteiger partial charge in [-0.15, -0.1) is 0 Å². The molecular formula is C16H22N2. The normalized spacial score (nSPS) is 20.1. The summed E-state index contributed by atoms with van der Waals surface area (Å²) in [5.74, 6) is 0.782. The predicted molar refractivity (Wildman–Crippen MR) is 75.8 cm³/mol. The van der Waals surface area contributed by atoms with Crippen molar-refractivity contribution < 1.29 is 0 Å². The SMILES string of the molecule is Cc1cncc2c3c([nH]c12)CCC(C(C)(C)C)C3. The molecule has 2 aromatic heterocycles. The maximum absolute atomic E-state index is 4.36. The molecule has 18 heavy (non-hydrogen) atoms. The molecule has 0 saturated heterocycles. The molecule has 0 amide bonds. The van der Waals surface area contributed by atoms with Crippen molar-refractivity contribution in [1.82, 2.24) is 9.97 Å². The summed E-state index contributed by atoms with van der Waals surface area (Å²) in [6.45, 7) is 9.22. The second-order valence-electron chi connectivity index (χ2n) is 6.77. The monoisotopic (exact) mass is 242 g/mol. The summed E-state index contributed by atoms with van der Waals surface area (Å²) >= 11 is 0. The van der Waals surface area contributed by atoms with Gasteiger partial charge in [0.25, 0.3) is 0 Å². The van der Waals surface area contributed by atoms with E-state index in [1.165, 1.54) is 47.0 Å². The van der Waals surface area contributed by atoms with Gasteiger partial charge in [0, 0.05) is 23.5 Å². The largest absolute Gasteiger partial charge is 0.358 e. The van der Waals surface area contributed by atoms with Crippen LogP contribution in [0.1, 0.15) is 44.0 Å². The zero-order valence-electron chi connectivity index (χ0n) is 11.8. The second-order valence-corrected chi connectivity index (χ2v) is 6.77. The molecule has 1 atom stereocenters. The highest BCUT2D eigenvalue weighted by Gasteiger charge is 2.30. The van der Waals surface area contributed by atoms with E-state index in [9.17, 15) is 0 Å². The Balaban J connectivity index is 2.10. The minimum Gasteiger partial charge on any atom is -0.358 e. The van der Waals surface area contributed by atoms with Gasteiger partial charge in [0.05, 0.1) is 5.52 Å². The molecule has 0 aliphatic heterocycles. The average molecular weight is 242 g/mol. The average Bonchev–Trinajstić information content (AvgIpc) is 2.67. The third kappa shape index (κ3) is 1.75. The molecule has 1 aliphatic rings. The van der Waals surface area contributed by atoms with Crippen molar-refractivity contribution in [2.24, 2.45) is 11.3 Å². The first kappa shape index (κ1) is 11.8. The molecule has 0 radical (unpaired) electrons. The van der Waals surface area contributed by atoms with Gasteiger partial charge in [-0.25, -0.2) is 0 Å². The van der Waals surface area contributed by atoms with Crippen LogP contribution in [0.5, 0.6) is 0 Å². The quantitative estimate of drug-likeness (QED) is 0.742. The minimum absolute atomic E-state index is 0.401. The zero-order valence-corrected chi connectivity index (χ0v) is 11.8. The number of nitrogens with one attached hydrogen (secondary N) is 1. The molecule has 1 aliphatic carbocycles. The Morgan fingerprint density at radius 2 is 2.06 bits per heavy atom. The second kappa shape index (κ2) is 3.84. The molecule has 0 bridgehead atoms. The number of aryl methyl sites for hydroxylation is 2.